The second-order valence-corrected chi connectivity index (χ2v) is 6.88. The fourth-order valence-corrected chi connectivity index (χ4v) is 2.37. The Kier molecular flexibility index (Phi) is 20.8. The summed E-state index contributed by atoms with van der Waals surface area (Å²) in [7, 11) is 0. The van der Waals surface area contributed by atoms with E-state index in [1.54, 1.807) is 0 Å². The maximum Gasteiger partial charge on any atom is 0.331 e. The molecule has 0 amide bonds. The van der Waals surface area contributed by atoms with Crippen LogP contribution in [0.2, 0.25) is 0 Å². The zero-order valence-corrected chi connectivity index (χ0v) is 19.0. The van der Waals surface area contributed by atoms with Gasteiger partial charge in [-0.25, -0.2) is 9.59 Å². The molecule has 0 aliphatic carbocycles. The molecular formula is C26H40O4. The van der Waals surface area contributed by atoms with Crippen molar-refractivity contribution in [2.75, 3.05) is 0 Å². The van der Waals surface area contributed by atoms with Crippen LogP contribution in [0.1, 0.15) is 84.1 Å². The van der Waals surface area contributed by atoms with Crippen LogP contribution in [-0.2, 0) is 9.59 Å². The van der Waals surface area contributed by atoms with Crippen LogP contribution in [0.25, 0.3) is 6.08 Å². The number of rotatable bonds is 12. The number of hydrogen-bond donors (Lipinski definition) is 2. The summed E-state index contributed by atoms with van der Waals surface area (Å²) in [5.41, 5.74) is 2.07. The lowest BCUT2D eigenvalue weighted by atomic mass is 10.1. The zero-order valence-electron chi connectivity index (χ0n) is 19.0. The van der Waals surface area contributed by atoms with Crippen molar-refractivity contribution < 1.29 is 19.8 Å². The minimum Gasteiger partial charge on any atom is -0.478 e. The molecule has 0 aromatic heterocycles. The minimum absolute atomic E-state index is 0.317. The number of aliphatic carboxylic acids is 2. The first-order chi connectivity index (χ1) is 14.3. The first-order valence-electron chi connectivity index (χ1n) is 10.8. The lowest BCUT2D eigenvalue weighted by Crippen LogP contribution is -2.00. The van der Waals surface area contributed by atoms with Crippen LogP contribution in [0.4, 0.5) is 0 Å². The van der Waals surface area contributed by atoms with Crippen LogP contribution < -0.4 is 0 Å². The van der Waals surface area contributed by atoms with Gasteiger partial charge in [0.2, 0.25) is 0 Å². The van der Waals surface area contributed by atoms with Gasteiger partial charge in [0.05, 0.1) is 0 Å². The maximum absolute atomic E-state index is 10.7. The van der Waals surface area contributed by atoms with Gasteiger partial charge in [0.25, 0.3) is 0 Å². The highest BCUT2D eigenvalue weighted by atomic mass is 16.4. The van der Waals surface area contributed by atoms with E-state index in [-0.39, 0.29) is 0 Å². The monoisotopic (exact) mass is 416 g/mol. The van der Waals surface area contributed by atoms with Gasteiger partial charge in [-0.1, -0.05) is 102 Å². The highest BCUT2D eigenvalue weighted by Gasteiger charge is 2.05. The van der Waals surface area contributed by atoms with Crippen LogP contribution in [0.3, 0.4) is 0 Å². The van der Waals surface area contributed by atoms with Crippen molar-refractivity contribution in [3.8, 4) is 0 Å². The highest BCUT2D eigenvalue weighted by molar-refractivity contribution is 5.86. The molecule has 4 nitrogen and oxygen atoms in total. The number of carboxylic acids is 2. The quantitative estimate of drug-likeness (QED) is 0.273. The van der Waals surface area contributed by atoms with Gasteiger partial charge < -0.3 is 10.2 Å². The molecule has 0 saturated carbocycles. The molecule has 0 bridgehead atoms. The van der Waals surface area contributed by atoms with Gasteiger partial charge in [-0.05, 0) is 37.7 Å². The topological polar surface area (TPSA) is 74.6 Å². The van der Waals surface area contributed by atoms with E-state index in [2.05, 4.69) is 20.1 Å². The Morgan fingerprint density at radius 2 is 1.47 bits per heavy atom. The molecule has 30 heavy (non-hydrogen) atoms. The molecule has 1 aromatic carbocycles. The fourth-order valence-electron chi connectivity index (χ4n) is 2.37. The Labute approximate surface area is 183 Å². The Bertz CT molecular complexity index is 630. The van der Waals surface area contributed by atoms with E-state index in [4.69, 9.17) is 10.2 Å². The first kappa shape index (κ1) is 29.6. The van der Waals surface area contributed by atoms with E-state index in [0.717, 1.165) is 38.5 Å². The van der Waals surface area contributed by atoms with Gasteiger partial charge in [0.1, 0.15) is 0 Å². The maximum atomic E-state index is 10.7. The van der Waals surface area contributed by atoms with Crippen molar-refractivity contribution in [1.29, 1.82) is 0 Å². The number of carbonyl (C=O) groups is 2. The summed E-state index contributed by atoms with van der Waals surface area (Å²) in [4.78, 5) is 20.8. The summed E-state index contributed by atoms with van der Waals surface area (Å²) in [5.74, 6) is -1.62. The number of unbranched alkanes of at least 4 members (excludes halogenated alkanes) is 4. The third-order valence-electron chi connectivity index (χ3n) is 4.19. The molecule has 168 valence electrons. The van der Waals surface area contributed by atoms with Crippen LogP contribution in [0.5, 0.6) is 0 Å². The van der Waals surface area contributed by atoms with Gasteiger partial charge in [-0.15, -0.1) is 0 Å². The van der Waals surface area contributed by atoms with E-state index in [1.807, 2.05) is 56.3 Å². The highest BCUT2D eigenvalue weighted by Crippen LogP contribution is 2.11. The Morgan fingerprint density at radius 1 is 0.867 bits per heavy atom. The average Bonchev–Trinajstić information content (AvgIpc) is 2.75. The third-order valence-corrected chi connectivity index (χ3v) is 4.19. The SMILES string of the molecule is C=C(CCCC)C(=O)O.C=Cc1ccccc1.CCC=C(CCCCCC)C(=O)O. The molecule has 0 saturated heterocycles. The summed E-state index contributed by atoms with van der Waals surface area (Å²) >= 11 is 0. The Hall–Kier alpha value is -2.62. The van der Waals surface area contributed by atoms with Crippen molar-refractivity contribution >= 4 is 18.0 Å². The molecule has 0 spiro atoms. The molecule has 0 aliphatic rings. The van der Waals surface area contributed by atoms with Gasteiger partial charge in [0, 0.05) is 11.1 Å². The van der Waals surface area contributed by atoms with Crippen molar-refractivity contribution in [2.45, 2.75) is 78.6 Å². The molecule has 1 aromatic rings. The van der Waals surface area contributed by atoms with E-state index in [0.29, 0.717) is 17.6 Å². The molecule has 0 heterocycles. The number of benzene rings is 1. The number of allylic oxidation sites excluding steroid dienone is 1. The smallest absolute Gasteiger partial charge is 0.331 e. The third kappa shape index (κ3) is 18.7. The van der Waals surface area contributed by atoms with Crippen molar-refractivity contribution in [2.24, 2.45) is 0 Å². The van der Waals surface area contributed by atoms with Crippen molar-refractivity contribution in [3.63, 3.8) is 0 Å². The number of hydrogen-bond acceptors (Lipinski definition) is 2. The van der Waals surface area contributed by atoms with E-state index >= 15 is 0 Å². The average molecular weight is 417 g/mol. The van der Waals surface area contributed by atoms with E-state index < -0.39 is 11.9 Å². The first-order valence-corrected chi connectivity index (χ1v) is 10.8. The van der Waals surface area contributed by atoms with Crippen molar-refractivity contribution in [3.05, 3.63) is 66.3 Å². The molecule has 0 atom stereocenters. The summed E-state index contributed by atoms with van der Waals surface area (Å²) in [5, 5.41) is 17.1. The Balaban J connectivity index is 0. The van der Waals surface area contributed by atoms with Crippen molar-refractivity contribution in [1.82, 2.24) is 0 Å². The Morgan fingerprint density at radius 3 is 1.87 bits per heavy atom. The van der Waals surface area contributed by atoms with E-state index in [1.165, 1.54) is 18.4 Å². The molecule has 4 heteroatoms. The van der Waals surface area contributed by atoms with Crippen LogP contribution >= 0.6 is 0 Å². The summed E-state index contributed by atoms with van der Waals surface area (Å²) < 4.78 is 0. The molecule has 2 N–H and O–H groups in total. The van der Waals surface area contributed by atoms with Crippen LogP contribution in [-0.4, -0.2) is 22.2 Å². The molecular weight excluding hydrogens is 376 g/mol. The lowest BCUT2D eigenvalue weighted by molar-refractivity contribution is -0.133. The normalized spacial score (nSPS) is 10.0. The van der Waals surface area contributed by atoms with Crippen LogP contribution in [0.15, 0.2) is 60.7 Å². The summed E-state index contributed by atoms with van der Waals surface area (Å²) in [6.07, 6.45) is 12.3. The second kappa shape index (κ2) is 21.1. The molecule has 1 rings (SSSR count). The minimum atomic E-state index is -0.872. The predicted octanol–water partition coefficient (Wildman–Crippen LogP) is 7.52. The molecule has 0 unspecified atom stereocenters. The van der Waals surface area contributed by atoms with Crippen LogP contribution in [0, 0.1) is 0 Å². The molecule has 0 radical (unpaired) electrons. The van der Waals surface area contributed by atoms with E-state index in [9.17, 15) is 9.59 Å². The second-order valence-electron chi connectivity index (χ2n) is 6.88. The predicted molar refractivity (Wildman–Crippen MR) is 128 cm³/mol. The molecule has 0 fully saturated rings. The number of carboxylic acid groups (broad SMARTS) is 2. The summed E-state index contributed by atoms with van der Waals surface area (Å²) in [6.45, 7) is 13.2. The zero-order chi connectivity index (χ0) is 23.2. The summed E-state index contributed by atoms with van der Waals surface area (Å²) in [6, 6.07) is 10.0. The van der Waals surface area contributed by atoms with Gasteiger partial charge >= 0.3 is 11.9 Å². The van der Waals surface area contributed by atoms with Gasteiger partial charge in [-0.3, -0.25) is 0 Å². The van der Waals surface area contributed by atoms with Gasteiger partial charge in [-0.2, -0.15) is 0 Å². The fraction of sp³-hybridized carbons (Fsp3) is 0.462. The lowest BCUT2D eigenvalue weighted by Gasteiger charge is -2.01. The largest absolute Gasteiger partial charge is 0.478 e. The standard InChI is InChI=1S/C11H20O2.C8H8.C7H12O2/c1-3-5-6-7-9-10(8-4-2)11(12)13;1-2-8-6-4-3-5-7-8;1-3-4-5-6(2)7(8)9/h8H,3-7,9H2,1-2H3,(H,12,13);2-7H,1H2;2-5H2,1H3,(H,8,9). The molecule has 0 aliphatic heterocycles. The van der Waals surface area contributed by atoms with Gasteiger partial charge in [0.15, 0.2) is 0 Å².